The molecule has 1 amide bonds. The topological polar surface area (TPSA) is 52.9 Å². The van der Waals surface area contributed by atoms with Crippen molar-refractivity contribution in [1.82, 2.24) is 0 Å². The molecule has 0 unspecified atom stereocenters. The summed E-state index contributed by atoms with van der Waals surface area (Å²) in [4.78, 5) is 14.5. The molecule has 1 aliphatic rings. The molecule has 0 saturated heterocycles. The zero-order chi connectivity index (χ0) is 18.4. The number of halogens is 2. The number of hydrogen-bond acceptors (Lipinski definition) is 4. The third-order valence-electron chi connectivity index (χ3n) is 4.65. The highest BCUT2D eigenvalue weighted by molar-refractivity contribution is 7.22. The fourth-order valence-corrected chi connectivity index (χ4v) is 6.35. The summed E-state index contributed by atoms with van der Waals surface area (Å²) in [5.74, 6) is 0.327. The number of anilines is 1. The lowest BCUT2D eigenvalue weighted by molar-refractivity contribution is 0.103. The van der Waals surface area contributed by atoms with Gasteiger partial charge in [-0.25, -0.2) is 0 Å². The minimum atomic E-state index is -0.282. The number of nitrogens with one attached hydrogen (secondary N) is 1. The van der Waals surface area contributed by atoms with E-state index < -0.39 is 0 Å². The number of amides is 1. The Morgan fingerprint density at radius 1 is 1.35 bits per heavy atom. The monoisotopic (exact) mass is 420 g/mol. The van der Waals surface area contributed by atoms with Crippen LogP contribution >= 0.6 is 45.9 Å². The molecule has 0 bridgehead atoms. The number of rotatable bonds is 2. The third kappa shape index (κ3) is 3.01. The summed E-state index contributed by atoms with van der Waals surface area (Å²) < 4.78 is 0.868. The standard InChI is InChI=1S/C19H14Cl2N2OS2/c1-9-2-4-11-13(8-22)19(26-14(11)6-9)23-18(24)17-16(21)12-5-3-10(20)7-15(12)25-17/h3,5,7,9H,2,4,6H2,1H3,(H,23,24)/t9-/m1/s1. The second-order valence-corrected chi connectivity index (χ2v) is 9.48. The minimum absolute atomic E-state index is 0.282. The molecule has 3 aromatic rings. The predicted octanol–water partition coefficient (Wildman–Crippen LogP) is 6.52. The van der Waals surface area contributed by atoms with Gasteiger partial charge in [-0.05, 0) is 42.9 Å². The lowest BCUT2D eigenvalue weighted by Crippen LogP contribution is -2.11. The quantitative estimate of drug-likeness (QED) is 0.512. The van der Waals surface area contributed by atoms with Crippen LogP contribution in [0.2, 0.25) is 10.0 Å². The Bertz CT molecular complexity index is 1080. The molecule has 7 heteroatoms. The van der Waals surface area contributed by atoms with Crippen LogP contribution in [-0.2, 0) is 12.8 Å². The normalized spacial score (nSPS) is 16.3. The second kappa shape index (κ2) is 6.86. The van der Waals surface area contributed by atoms with E-state index in [4.69, 9.17) is 23.2 Å². The van der Waals surface area contributed by atoms with Crippen molar-refractivity contribution in [1.29, 1.82) is 5.26 Å². The molecule has 2 heterocycles. The van der Waals surface area contributed by atoms with E-state index >= 15 is 0 Å². The van der Waals surface area contributed by atoms with E-state index in [-0.39, 0.29) is 5.91 Å². The summed E-state index contributed by atoms with van der Waals surface area (Å²) in [5, 5.41) is 15.0. The molecule has 132 valence electrons. The van der Waals surface area contributed by atoms with Crippen molar-refractivity contribution in [3.05, 3.63) is 49.1 Å². The molecule has 26 heavy (non-hydrogen) atoms. The molecule has 0 aliphatic heterocycles. The Kier molecular flexibility index (Phi) is 4.70. The number of benzene rings is 1. The second-order valence-electron chi connectivity index (χ2n) is 6.51. The smallest absolute Gasteiger partial charge is 0.267 e. The first-order valence-corrected chi connectivity index (χ1v) is 10.6. The van der Waals surface area contributed by atoms with Gasteiger partial charge in [0.2, 0.25) is 0 Å². The van der Waals surface area contributed by atoms with Crippen LogP contribution in [0.15, 0.2) is 18.2 Å². The highest BCUT2D eigenvalue weighted by atomic mass is 35.5. The van der Waals surface area contributed by atoms with Gasteiger partial charge in [0, 0.05) is 20.0 Å². The van der Waals surface area contributed by atoms with Crippen molar-refractivity contribution in [3.8, 4) is 6.07 Å². The minimum Gasteiger partial charge on any atom is -0.312 e. The summed E-state index contributed by atoms with van der Waals surface area (Å²) in [5.41, 5.74) is 1.70. The fourth-order valence-electron chi connectivity index (χ4n) is 3.30. The summed E-state index contributed by atoms with van der Waals surface area (Å²) >= 11 is 15.3. The first-order valence-electron chi connectivity index (χ1n) is 8.21. The number of hydrogen-bond donors (Lipinski definition) is 1. The number of fused-ring (bicyclic) bond motifs is 2. The molecular weight excluding hydrogens is 407 g/mol. The summed E-state index contributed by atoms with van der Waals surface area (Å²) in [6, 6.07) is 7.65. The molecule has 1 aliphatic carbocycles. The predicted molar refractivity (Wildman–Crippen MR) is 110 cm³/mol. The van der Waals surface area contributed by atoms with E-state index in [1.54, 1.807) is 12.1 Å². The first kappa shape index (κ1) is 17.8. The third-order valence-corrected chi connectivity index (χ3v) is 7.71. The van der Waals surface area contributed by atoms with Crippen LogP contribution in [-0.4, -0.2) is 5.91 Å². The SMILES string of the molecule is C[C@@H]1CCc2c(sc(NC(=O)c3sc4cc(Cl)ccc4c3Cl)c2C#N)C1. The van der Waals surface area contributed by atoms with Crippen LogP contribution in [0.25, 0.3) is 10.1 Å². The van der Waals surface area contributed by atoms with Crippen molar-refractivity contribution in [3.63, 3.8) is 0 Å². The van der Waals surface area contributed by atoms with Gasteiger partial charge < -0.3 is 5.32 Å². The van der Waals surface area contributed by atoms with Gasteiger partial charge in [0.1, 0.15) is 15.9 Å². The van der Waals surface area contributed by atoms with Gasteiger partial charge in [-0.2, -0.15) is 5.26 Å². The largest absolute Gasteiger partial charge is 0.312 e. The van der Waals surface area contributed by atoms with Crippen molar-refractivity contribution < 1.29 is 4.79 Å². The molecule has 0 saturated carbocycles. The van der Waals surface area contributed by atoms with E-state index in [1.165, 1.54) is 27.6 Å². The van der Waals surface area contributed by atoms with Crippen molar-refractivity contribution in [2.75, 3.05) is 5.32 Å². The summed E-state index contributed by atoms with van der Waals surface area (Å²) in [6.07, 6.45) is 2.94. The Labute approximate surface area is 169 Å². The van der Waals surface area contributed by atoms with Crippen molar-refractivity contribution in [2.45, 2.75) is 26.2 Å². The molecule has 0 radical (unpaired) electrons. The molecule has 1 atom stereocenters. The Morgan fingerprint density at radius 2 is 2.15 bits per heavy atom. The van der Waals surface area contributed by atoms with Gasteiger partial charge in [0.25, 0.3) is 5.91 Å². The van der Waals surface area contributed by atoms with E-state index in [9.17, 15) is 10.1 Å². The molecule has 3 nitrogen and oxygen atoms in total. The molecule has 4 rings (SSSR count). The highest BCUT2D eigenvalue weighted by Crippen LogP contribution is 2.41. The fraction of sp³-hybridized carbons (Fsp3) is 0.263. The van der Waals surface area contributed by atoms with Gasteiger partial charge in [-0.3, -0.25) is 4.79 Å². The van der Waals surface area contributed by atoms with E-state index in [0.717, 1.165) is 34.9 Å². The van der Waals surface area contributed by atoms with Crippen LogP contribution in [0.4, 0.5) is 5.00 Å². The van der Waals surface area contributed by atoms with Gasteiger partial charge >= 0.3 is 0 Å². The Morgan fingerprint density at radius 3 is 2.92 bits per heavy atom. The number of carbonyl (C=O) groups excluding carboxylic acids is 1. The maximum atomic E-state index is 12.8. The summed E-state index contributed by atoms with van der Waals surface area (Å²) in [6.45, 7) is 2.22. The number of thiophene rings is 2. The molecular formula is C19H14Cl2N2OS2. The van der Waals surface area contributed by atoms with Crippen molar-refractivity contribution in [2.24, 2.45) is 5.92 Å². The maximum absolute atomic E-state index is 12.8. The zero-order valence-electron chi connectivity index (χ0n) is 13.9. The zero-order valence-corrected chi connectivity index (χ0v) is 17.0. The maximum Gasteiger partial charge on any atom is 0.267 e. The highest BCUT2D eigenvalue weighted by Gasteiger charge is 2.26. The summed E-state index contributed by atoms with van der Waals surface area (Å²) in [7, 11) is 0. The number of carbonyl (C=O) groups is 1. The molecule has 2 aromatic heterocycles. The van der Waals surface area contributed by atoms with Gasteiger partial charge in [-0.1, -0.05) is 36.2 Å². The van der Waals surface area contributed by atoms with Gasteiger partial charge in [-0.15, -0.1) is 22.7 Å². The lowest BCUT2D eigenvalue weighted by Gasteiger charge is -2.17. The number of nitrogens with zero attached hydrogens (tertiary/aromatic N) is 1. The van der Waals surface area contributed by atoms with Crippen LogP contribution in [0.3, 0.4) is 0 Å². The average molecular weight is 421 g/mol. The molecule has 0 spiro atoms. The number of nitriles is 1. The van der Waals surface area contributed by atoms with E-state index in [2.05, 4.69) is 18.3 Å². The Hall–Kier alpha value is -1.58. The average Bonchev–Trinajstić information content (AvgIpc) is 3.11. The van der Waals surface area contributed by atoms with Crippen LogP contribution in [0, 0.1) is 17.2 Å². The van der Waals surface area contributed by atoms with E-state index in [1.807, 2.05) is 6.07 Å². The molecule has 1 aromatic carbocycles. The molecule has 1 N–H and O–H groups in total. The van der Waals surface area contributed by atoms with Gasteiger partial charge in [0.15, 0.2) is 0 Å². The molecule has 0 fully saturated rings. The lowest BCUT2D eigenvalue weighted by atomic mass is 9.89. The van der Waals surface area contributed by atoms with Crippen LogP contribution in [0.1, 0.15) is 39.0 Å². The van der Waals surface area contributed by atoms with Crippen LogP contribution < -0.4 is 5.32 Å². The van der Waals surface area contributed by atoms with Gasteiger partial charge in [0.05, 0.1) is 10.6 Å². The first-order chi connectivity index (χ1) is 12.5. The van der Waals surface area contributed by atoms with E-state index in [0.29, 0.717) is 31.4 Å². The Balaban J connectivity index is 1.69. The van der Waals surface area contributed by atoms with Crippen LogP contribution in [0.5, 0.6) is 0 Å². The van der Waals surface area contributed by atoms with Crippen molar-refractivity contribution >= 4 is 66.9 Å².